The molecule has 2 nitrogen and oxygen atoms in total. The molecule has 1 atom stereocenters. The summed E-state index contributed by atoms with van der Waals surface area (Å²) in [5, 5.41) is 3.30. The number of allylic oxidation sites excluding steroid dienone is 2. The molecule has 0 aromatic heterocycles. The Bertz CT molecular complexity index is 220. The van der Waals surface area contributed by atoms with E-state index >= 15 is 0 Å². The number of ketones is 1. The van der Waals surface area contributed by atoms with Crippen LogP contribution in [0.4, 0.5) is 0 Å². The molecule has 0 spiro atoms. The van der Waals surface area contributed by atoms with Gasteiger partial charge in [-0.25, -0.2) is 0 Å². The van der Waals surface area contributed by atoms with Gasteiger partial charge in [-0.1, -0.05) is 20.3 Å². The minimum Gasteiger partial charge on any atom is -0.388 e. The van der Waals surface area contributed by atoms with E-state index in [1.165, 1.54) is 6.42 Å². The summed E-state index contributed by atoms with van der Waals surface area (Å²) in [5.41, 5.74) is 1.14. The first-order chi connectivity index (χ1) is 6.72. The number of unbranched alkanes of at least 4 members (excludes halogenated alkanes) is 1. The fourth-order valence-electron chi connectivity index (χ4n) is 1.76. The van der Waals surface area contributed by atoms with Crippen LogP contribution in [0.3, 0.4) is 0 Å². The molecule has 1 unspecified atom stereocenters. The zero-order valence-corrected chi connectivity index (χ0v) is 9.31. The molecule has 0 aromatic carbocycles. The summed E-state index contributed by atoms with van der Waals surface area (Å²) in [7, 11) is 0. The summed E-state index contributed by atoms with van der Waals surface area (Å²) < 4.78 is 0. The molecular weight excluding hydrogens is 174 g/mol. The van der Waals surface area contributed by atoms with E-state index in [0.717, 1.165) is 37.4 Å². The molecule has 1 rings (SSSR count). The van der Waals surface area contributed by atoms with Crippen molar-refractivity contribution in [2.24, 2.45) is 5.92 Å². The van der Waals surface area contributed by atoms with Gasteiger partial charge < -0.3 is 5.32 Å². The first-order valence-corrected chi connectivity index (χ1v) is 5.69. The molecule has 1 N–H and O–H groups in total. The Labute approximate surface area is 86.8 Å². The molecule has 2 heteroatoms. The monoisotopic (exact) mass is 195 g/mol. The van der Waals surface area contributed by atoms with Crippen LogP contribution in [0.1, 0.15) is 46.0 Å². The van der Waals surface area contributed by atoms with Crippen LogP contribution in [0.15, 0.2) is 11.8 Å². The number of carbonyl (C=O) groups is 1. The van der Waals surface area contributed by atoms with Crippen LogP contribution in [-0.2, 0) is 4.79 Å². The lowest BCUT2D eigenvalue weighted by atomic mass is 9.97. The van der Waals surface area contributed by atoms with E-state index in [9.17, 15) is 4.79 Å². The molecule has 0 amide bonds. The van der Waals surface area contributed by atoms with E-state index in [2.05, 4.69) is 19.2 Å². The second kappa shape index (κ2) is 5.84. The van der Waals surface area contributed by atoms with Gasteiger partial charge in [0, 0.05) is 24.7 Å². The molecule has 1 saturated heterocycles. The molecule has 80 valence electrons. The predicted octanol–water partition coefficient (Wildman–Crippen LogP) is 2.65. The van der Waals surface area contributed by atoms with E-state index in [0.29, 0.717) is 6.42 Å². The standard InChI is InChI=1S/C12H21NO/c1-3-4-5-12(14)9-11-8-10(2)6-7-13-11/h9-10,13H,3-8H2,1-2H3/b11-9-. The van der Waals surface area contributed by atoms with E-state index in [4.69, 9.17) is 0 Å². The third-order valence-corrected chi connectivity index (χ3v) is 2.67. The highest BCUT2D eigenvalue weighted by Gasteiger charge is 2.12. The molecule has 0 aromatic rings. The third-order valence-electron chi connectivity index (χ3n) is 2.67. The van der Waals surface area contributed by atoms with Crippen molar-refractivity contribution in [3.05, 3.63) is 11.8 Å². The Kier molecular flexibility index (Phi) is 4.71. The third kappa shape index (κ3) is 3.95. The number of nitrogens with one attached hydrogen (secondary N) is 1. The molecule has 1 fully saturated rings. The van der Waals surface area contributed by atoms with Crippen molar-refractivity contribution < 1.29 is 4.79 Å². The van der Waals surface area contributed by atoms with Gasteiger partial charge in [0.25, 0.3) is 0 Å². The van der Waals surface area contributed by atoms with Gasteiger partial charge in [-0.15, -0.1) is 0 Å². The summed E-state index contributed by atoms with van der Waals surface area (Å²) in [6.07, 6.45) is 6.89. The minimum absolute atomic E-state index is 0.281. The van der Waals surface area contributed by atoms with Crippen molar-refractivity contribution in [1.29, 1.82) is 0 Å². The fraction of sp³-hybridized carbons (Fsp3) is 0.750. The van der Waals surface area contributed by atoms with Crippen molar-refractivity contribution in [2.45, 2.75) is 46.0 Å². The van der Waals surface area contributed by atoms with Gasteiger partial charge in [-0.05, 0) is 25.2 Å². The molecule has 1 aliphatic rings. The molecule has 0 radical (unpaired) electrons. The largest absolute Gasteiger partial charge is 0.388 e. The molecule has 0 saturated carbocycles. The number of rotatable bonds is 4. The molecule has 0 aliphatic carbocycles. The van der Waals surface area contributed by atoms with E-state index in [1.807, 2.05) is 6.08 Å². The maximum atomic E-state index is 11.5. The van der Waals surface area contributed by atoms with Crippen LogP contribution >= 0.6 is 0 Å². The number of carbonyl (C=O) groups excluding carboxylic acids is 1. The van der Waals surface area contributed by atoms with Gasteiger partial charge in [0.05, 0.1) is 0 Å². The fourth-order valence-corrected chi connectivity index (χ4v) is 1.76. The van der Waals surface area contributed by atoms with Crippen LogP contribution in [0.25, 0.3) is 0 Å². The van der Waals surface area contributed by atoms with Crippen molar-refractivity contribution >= 4 is 5.78 Å². The van der Waals surface area contributed by atoms with Crippen molar-refractivity contribution in [1.82, 2.24) is 5.32 Å². The molecular formula is C12H21NO. The topological polar surface area (TPSA) is 29.1 Å². The van der Waals surface area contributed by atoms with Gasteiger partial charge in [0.1, 0.15) is 0 Å². The lowest BCUT2D eigenvalue weighted by Gasteiger charge is -2.22. The summed E-state index contributed by atoms with van der Waals surface area (Å²) in [6.45, 7) is 5.38. The zero-order chi connectivity index (χ0) is 10.4. The van der Waals surface area contributed by atoms with Gasteiger partial charge in [-0.2, -0.15) is 0 Å². The predicted molar refractivity (Wildman–Crippen MR) is 59.0 cm³/mol. The highest BCUT2D eigenvalue weighted by Crippen LogP contribution is 2.17. The maximum absolute atomic E-state index is 11.5. The number of piperidine rings is 1. The highest BCUT2D eigenvalue weighted by atomic mass is 16.1. The Morgan fingerprint density at radius 2 is 2.43 bits per heavy atom. The average Bonchev–Trinajstić information content (AvgIpc) is 2.15. The van der Waals surface area contributed by atoms with Crippen LogP contribution < -0.4 is 5.32 Å². The molecule has 1 heterocycles. The van der Waals surface area contributed by atoms with E-state index in [1.54, 1.807) is 0 Å². The minimum atomic E-state index is 0.281. The Morgan fingerprint density at radius 3 is 3.07 bits per heavy atom. The lowest BCUT2D eigenvalue weighted by Crippen LogP contribution is -2.25. The quantitative estimate of drug-likeness (QED) is 0.699. The first-order valence-electron chi connectivity index (χ1n) is 5.69. The van der Waals surface area contributed by atoms with Gasteiger partial charge in [0.2, 0.25) is 0 Å². The average molecular weight is 195 g/mol. The molecule has 14 heavy (non-hydrogen) atoms. The van der Waals surface area contributed by atoms with Crippen molar-refractivity contribution in [2.75, 3.05) is 6.54 Å². The maximum Gasteiger partial charge on any atom is 0.157 e. The Balaban J connectivity index is 2.37. The van der Waals surface area contributed by atoms with Gasteiger partial charge in [0.15, 0.2) is 5.78 Å². The summed E-state index contributed by atoms with van der Waals surface area (Å²) in [4.78, 5) is 11.5. The molecule has 0 bridgehead atoms. The second-order valence-electron chi connectivity index (χ2n) is 4.26. The zero-order valence-electron chi connectivity index (χ0n) is 9.31. The van der Waals surface area contributed by atoms with E-state index in [-0.39, 0.29) is 5.78 Å². The number of hydrogen-bond donors (Lipinski definition) is 1. The van der Waals surface area contributed by atoms with Gasteiger partial charge in [-0.3, -0.25) is 4.79 Å². The van der Waals surface area contributed by atoms with Crippen LogP contribution in [-0.4, -0.2) is 12.3 Å². The summed E-state index contributed by atoms with van der Waals surface area (Å²) in [6, 6.07) is 0. The SMILES string of the molecule is CCCCC(=O)/C=C1/CC(C)CCN1. The van der Waals surface area contributed by atoms with Gasteiger partial charge >= 0.3 is 0 Å². The number of hydrogen-bond acceptors (Lipinski definition) is 2. The van der Waals surface area contributed by atoms with Crippen molar-refractivity contribution in [3.8, 4) is 0 Å². The van der Waals surface area contributed by atoms with Crippen molar-refractivity contribution in [3.63, 3.8) is 0 Å². The first kappa shape index (κ1) is 11.3. The Hall–Kier alpha value is -0.790. The normalized spacial score (nSPS) is 24.7. The summed E-state index contributed by atoms with van der Waals surface area (Å²) >= 11 is 0. The van der Waals surface area contributed by atoms with E-state index < -0.39 is 0 Å². The summed E-state index contributed by atoms with van der Waals surface area (Å²) in [5.74, 6) is 1.00. The van der Waals surface area contributed by atoms with Crippen LogP contribution in [0, 0.1) is 5.92 Å². The highest BCUT2D eigenvalue weighted by molar-refractivity contribution is 5.90. The molecule has 1 aliphatic heterocycles. The smallest absolute Gasteiger partial charge is 0.157 e. The van der Waals surface area contributed by atoms with Crippen LogP contribution in [0.5, 0.6) is 0 Å². The lowest BCUT2D eigenvalue weighted by molar-refractivity contribution is -0.114. The van der Waals surface area contributed by atoms with Crippen LogP contribution in [0.2, 0.25) is 0 Å². The Morgan fingerprint density at radius 1 is 1.64 bits per heavy atom. The second-order valence-corrected chi connectivity index (χ2v) is 4.26.